The van der Waals surface area contributed by atoms with Crippen LogP contribution >= 0.6 is 11.9 Å². The van der Waals surface area contributed by atoms with Crippen LogP contribution in [0.25, 0.3) is 0 Å². The number of aromatic nitrogens is 2. The summed E-state index contributed by atoms with van der Waals surface area (Å²) in [6.45, 7) is 0. The first-order valence-electron chi connectivity index (χ1n) is 2.73. The summed E-state index contributed by atoms with van der Waals surface area (Å²) in [5.41, 5.74) is 0.825. The van der Waals surface area contributed by atoms with Crippen molar-refractivity contribution in [1.82, 2.24) is 15.0 Å². The lowest BCUT2D eigenvalue weighted by Gasteiger charge is -2.05. The zero-order chi connectivity index (χ0) is 6.81. The van der Waals surface area contributed by atoms with E-state index in [4.69, 9.17) is 0 Å². The Hall–Kier alpha value is -1.10. The largest absolute Gasteiger partial charge is 0.247 e. The van der Waals surface area contributed by atoms with Gasteiger partial charge in [0.15, 0.2) is 0 Å². The maximum absolute atomic E-state index is 3.86. The second kappa shape index (κ2) is 2.26. The highest BCUT2D eigenvalue weighted by atomic mass is 32.2. The van der Waals surface area contributed by atoms with E-state index in [1.54, 1.807) is 12.4 Å². The topological polar surface area (TPSA) is 50.2 Å². The molecule has 1 aliphatic heterocycles. The molecular formula is C5H4N4S. The highest BCUT2D eigenvalue weighted by Crippen LogP contribution is 2.17. The molecule has 4 nitrogen and oxygen atoms in total. The van der Waals surface area contributed by atoms with Crippen LogP contribution in [-0.2, 0) is 0 Å². The first-order chi connectivity index (χ1) is 4.97. The van der Waals surface area contributed by atoms with E-state index in [1.165, 1.54) is 11.9 Å². The second-order valence-electron chi connectivity index (χ2n) is 1.73. The van der Waals surface area contributed by atoms with E-state index in [1.807, 2.05) is 6.07 Å². The van der Waals surface area contributed by atoms with Crippen LogP contribution in [0.1, 0.15) is 5.69 Å². The molecule has 1 aromatic heterocycles. The molecule has 50 valence electrons. The minimum atomic E-state index is 0.825. The van der Waals surface area contributed by atoms with Crippen LogP contribution in [-0.4, -0.2) is 16.4 Å². The molecule has 0 bridgehead atoms. The maximum atomic E-state index is 3.86. The van der Waals surface area contributed by atoms with E-state index < -0.39 is 0 Å². The lowest BCUT2D eigenvalue weighted by atomic mass is 10.4. The fourth-order valence-corrected chi connectivity index (χ4v) is 1.20. The standard InChI is InChI=1S/C5H4N4S/c1-2-6-8-4-3-7-9-10-5(1)4/h1-3,9H. The molecule has 2 rings (SSSR count). The molecule has 1 aliphatic rings. The summed E-state index contributed by atoms with van der Waals surface area (Å²) in [4.78, 5) is 3.82. The van der Waals surface area contributed by atoms with Gasteiger partial charge < -0.3 is 0 Å². The van der Waals surface area contributed by atoms with Crippen LogP contribution < -0.4 is 4.83 Å². The van der Waals surface area contributed by atoms with Gasteiger partial charge in [0.1, 0.15) is 5.69 Å². The third-order valence-corrected chi connectivity index (χ3v) is 1.87. The summed E-state index contributed by atoms with van der Waals surface area (Å²) in [5, 5.41) is 11.4. The van der Waals surface area contributed by atoms with Crippen molar-refractivity contribution in [2.75, 3.05) is 0 Å². The van der Waals surface area contributed by atoms with Gasteiger partial charge in [0.2, 0.25) is 0 Å². The Balaban J connectivity index is 2.54. The molecule has 0 unspecified atom stereocenters. The highest BCUT2D eigenvalue weighted by Gasteiger charge is 2.04. The molecule has 10 heavy (non-hydrogen) atoms. The molecule has 0 spiro atoms. The van der Waals surface area contributed by atoms with E-state index >= 15 is 0 Å². The summed E-state index contributed by atoms with van der Waals surface area (Å²) in [6, 6.07) is 1.89. The fraction of sp³-hybridized carbons (Fsp3) is 0. The van der Waals surface area contributed by atoms with E-state index in [9.17, 15) is 0 Å². The zero-order valence-corrected chi connectivity index (χ0v) is 5.80. The van der Waals surface area contributed by atoms with Crippen molar-refractivity contribution in [3.05, 3.63) is 18.0 Å². The van der Waals surface area contributed by atoms with Crippen LogP contribution in [0.15, 0.2) is 22.3 Å². The Morgan fingerprint density at radius 1 is 1.50 bits per heavy atom. The third kappa shape index (κ3) is 0.841. The predicted octanol–water partition coefficient (Wildman–Crippen LogP) is 0.421. The molecule has 0 amide bonds. The van der Waals surface area contributed by atoms with Crippen LogP contribution in [0.2, 0.25) is 0 Å². The van der Waals surface area contributed by atoms with Gasteiger partial charge in [-0.2, -0.15) is 10.2 Å². The van der Waals surface area contributed by atoms with Crippen molar-refractivity contribution < 1.29 is 0 Å². The molecule has 0 saturated carbocycles. The maximum Gasteiger partial charge on any atom is 0.121 e. The van der Waals surface area contributed by atoms with Crippen molar-refractivity contribution in [3.8, 4) is 0 Å². The predicted molar refractivity (Wildman–Crippen MR) is 38.6 cm³/mol. The molecule has 5 heteroatoms. The Kier molecular flexibility index (Phi) is 1.28. The normalized spacial score (nSPS) is 14.0. The number of fused-ring (bicyclic) bond motifs is 1. The lowest BCUT2D eigenvalue weighted by molar-refractivity contribution is 0.964. The number of hydrogen-bond acceptors (Lipinski definition) is 5. The van der Waals surface area contributed by atoms with Gasteiger partial charge in [0.25, 0.3) is 0 Å². The van der Waals surface area contributed by atoms with Crippen molar-refractivity contribution in [2.24, 2.45) is 5.10 Å². The highest BCUT2D eigenvalue weighted by molar-refractivity contribution is 7.97. The Bertz CT molecular complexity index is 272. The van der Waals surface area contributed by atoms with Crippen molar-refractivity contribution in [1.29, 1.82) is 0 Å². The van der Waals surface area contributed by atoms with E-state index in [-0.39, 0.29) is 0 Å². The van der Waals surface area contributed by atoms with Crippen molar-refractivity contribution in [2.45, 2.75) is 4.90 Å². The Morgan fingerprint density at radius 3 is 3.40 bits per heavy atom. The minimum Gasteiger partial charge on any atom is -0.247 e. The number of hydrogen-bond donors (Lipinski definition) is 1. The number of nitrogens with zero attached hydrogens (tertiary/aromatic N) is 3. The Labute approximate surface area is 61.9 Å². The lowest BCUT2D eigenvalue weighted by Crippen LogP contribution is -2.04. The van der Waals surface area contributed by atoms with Gasteiger partial charge in [-0.05, 0) is 6.07 Å². The second-order valence-corrected chi connectivity index (χ2v) is 2.56. The van der Waals surface area contributed by atoms with E-state index in [0.717, 1.165) is 10.6 Å². The number of nitrogens with one attached hydrogen (secondary N) is 1. The first-order valence-corrected chi connectivity index (χ1v) is 3.55. The number of rotatable bonds is 0. The molecular weight excluding hydrogens is 148 g/mol. The quantitative estimate of drug-likeness (QED) is 0.547. The van der Waals surface area contributed by atoms with Crippen LogP contribution in [0, 0.1) is 0 Å². The average Bonchev–Trinajstić information content (AvgIpc) is 2.05. The van der Waals surface area contributed by atoms with Crippen LogP contribution in [0.4, 0.5) is 0 Å². The van der Waals surface area contributed by atoms with Gasteiger partial charge in [-0.3, -0.25) is 0 Å². The summed E-state index contributed by atoms with van der Waals surface area (Å²) in [7, 11) is 0. The summed E-state index contributed by atoms with van der Waals surface area (Å²) in [6.07, 6.45) is 3.31. The van der Waals surface area contributed by atoms with Gasteiger partial charge >= 0.3 is 0 Å². The van der Waals surface area contributed by atoms with Gasteiger partial charge in [-0.25, -0.2) is 4.83 Å². The van der Waals surface area contributed by atoms with Crippen LogP contribution in [0.3, 0.4) is 0 Å². The molecule has 2 heterocycles. The average molecular weight is 152 g/mol. The molecule has 1 aromatic rings. The van der Waals surface area contributed by atoms with E-state index in [0.29, 0.717) is 0 Å². The first kappa shape index (κ1) is 5.67. The molecule has 0 aliphatic carbocycles. The van der Waals surface area contributed by atoms with Gasteiger partial charge in [-0.1, -0.05) is 0 Å². The van der Waals surface area contributed by atoms with Crippen molar-refractivity contribution >= 4 is 18.2 Å². The SMILES string of the molecule is C1=NNSc2ccnnc21. The van der Waals surface area contributed by atoms with Gasteiger partial charge in [0.05, 0.1) is 17.3 Å². The minimum absolute atomic E-state index is 0.825. The molecule has 0 radical (unpaired) electrons. The fourth-order valence-electron chi connectivity index (χ4n) is 0.670. The number of hydrazone groups is 1. The summed E-state index contributed by atoms with van der Waals surface area (Å²) in [5.74, 6) is 0. The Morgan fingerprint density at radius 2 is 2.50 bits per heavy atom. The molecule has 0 fully saturated rings. The third-order valence-electron chi connectivity index (χ3n) is 1.11. The smallest absolute Gasteiger partial charge is 0.121 e. The van der Waals surface area contributed by atoms with Crippen molar-refractivity contribution in [3.63, 3.8) is 0 Å². The monoisotopic (exact) mass is 152 g/mol. The van der Waals surface area contributed by atoms with Crippen LogP contribution in [0.5, 0.6) is 0 Å². The molecule has 0 aromatic carbocycles. The summed E-state index contributed by atoms with van der Waals surface area (Å²) < 4.78 is 0. The zero-order valence-electron chi connectivity index (χ0n) is 4.98. The summed E-state index contributed by atoms with van der Waals surface area (Å²) >= 11 is 1.44. The van der Waals surface area contributed by atoms with Gasteiger partial charge in [0, 0.05) is 11.9 Å². The van der Waals surface area contributed by atoms with E-state index in [2.05, 4.69) is 20.1 Å². The van der Waals surface area contributed by atoms with Gasteiger partial charge in [-0.15, -0.1) is 5.10 Å². The molecule has 1 N–H and O–H groups in total. The molecule has 0 saturated heterocycles. The molecule has 0 atom stereocenters.